The molecule has 1 heterocycles. The molecule has 0 aromatic heterocycles. The van der Waals surface area contributed by atoms with Crippen molar-refractivity contribution in [3.63, 3.8) is 0 Å². The molecule has 1 rings (SSSR count). The fourth-order valence-corrected chi connectivity index (χ4v) is 1.65. The molecule has 1 aliphatic heterocycles. The van der Waals surface area contributed by atoms with Crippen LogP contribution < -0.4 is 0 Å². The van der Waals surface area contributed by atoms with Gasteiger partial charge in [-0.2, -0.15) is 0 Å². The van der Waals surface area contributed by atoms with Crippen LogP contribution in [0.1, 0.15) is 20.3 Å². The van der Waals surface area contributed by atoms with Crippen LogP contribution in [0.15, 0.2) is 0 Å². The zero-order valence-electron chi connectivity index (χ0n) is 9.17. The lowest BCUT2D eigenvalue weighted by Crippen LogP contribution is -2.55. The van der Waals surface area contributed by atoms with Crippen LogP contribution in [0.4, 0.5) is 0 Å². The molecular weight excluding hydrogens is 200 g/mol. The lowest BCUT2D eigenvalue weighted by molar-refractivity contribution is -0.287. The van der Waals surface area contributed by atoms with Crippen molar-refractivity contribution in [2.75, 3.05) is 13.2 Å². The molecule has 0 spiro atoms. The minimum absolute atomic E-state index is 0.184. The van der Waals surface area contributed by atoms with Gasteiger partial charge in [-0.3, -0.25) is 0 Å². The van der Waals surface area contributed by atoms with Crippen LogP contribution >= 0.6 is 0 Å². The van der Waals surface area contributed by atoms with Crippen molar-refractivity contribution in [2.45, 2.75) is 44.9 Å². The minimum Gasteiger partial charge on any atom is -0.394 e. The maximum atomic E-state index is 9.70. The first-order chi connectivity index (χ1) is 7.11. The average molecular weight is 220 g/mol. The van der Waals surface area contributed by atoms with Crippen molar-refractivity contribution in [3.8, 4) is 0 Å². The largest absolute Gasteiger partial charge is 0.394 e. The highest BCUT2D eigenvalue weighted by molar-refractivity contribution is 4.86. The summed E-state index contributed by atoms with van der Waals surface area (Å²) in [5.74, 6) is -0.300. The highest BCUT2D eigenvalue weighted by Gasteiger charge is 2.42. The molecule has 5 atom stereocenters. The summed E-state index contributed by atoms with van der Waals surface area (Å²) in [6.45, 7) is 3.94. The molecule has 1 saturated heterocycles. The number of hydrogen-bond acceptors (Lipinski definition) is 5. The second kappa shape index (κ2) is 5.77. The van der Waals surface area contributed by atoms with Gasteiger partial charge >= 0.3 is 0 Å². The molecule has 0 amide bonds. The van der Waals surface area contributed by atoms with Gasteiger partial charge in [-0.15, -0.1) is 0 Å². The Bertz CT molecular complexity index is 185. The molecule has 0 radical (unpaired) electrons. The third kappa shape index (κ3) is 2.89. The van der Waals surface area contributed by atoms with Gasteiger partial charge in [-0.05, 0) is 6.42 Å². The van der Waals surface area contributed by atoms with E-state index in [1.165, 1.54) is 0 Å². The Labute approximate surface area is 89.6 Å². The topological polar surface area (TPSA) is 79.2 Å². The van der Waals surface area contributed by atoms with E-state index >= 15 is 0 Å². The number of ether oxygens (including phenoxy) is 2. The third-order valence-electron chi connectivity index (χ3n) is 2.73. The predicted octanol–water partition coefficient (Wildman–Crippen LogP) is -0.512. The van der Waals surface area contributed by atoms with Gasteiger partial charge in [-0.1, -0.05) is 13.8 Å². The molecule has 0 aromatic rings. The smallest absolute Gasteiger partial charge is 0.186 e. The third-order valence-corrected chi connectivity index (χ3v) is 2.73. The Morgan fingerprint density at radius 3 is 2.47 bits per heavy atom. The van der Waals surface area contributed by atoms with Crippen LogP contribution in [0.3, 0.4) is 0 Å². The summed E-state index contributed by atoms with van der Waals surface area (Å²) >= 11 is 0. The molecule has 5 nitrogen and oxygen atoms in total. The van der Waals surface area contributed by atoms with E-state index in [4.69, 9.17) is 14.6 Å². The Hall–Kier alpha value is -0.200. The summed E-state index contributed by atoms with van der Waals surface area (Å²) in [5.41, 5.74) is 0. The monoisotopic (exact) mass is 220 g/mol. The van der Waals surface area contributed by atoms with Gasteiger partial charge in [0.25, 0.3) is 0 Å². The Morgan fingerprint density at radius 2 is 1.93 bits per heavy atom. The van der Waals surface area contributed by atoms with E-state index in [2.05, 4.69) is 0 Å². The molecule has 1 fully saturated rings. The minimum atomic E-state index is -1.05. The van der Waals surface area contributed by atoms with Crippen LogP contribution in [0.5, 0.6) is 0 Å². The van der Waals surface area contributed by atoms with Gasteiger partial charge in [0.2, 0.25) is 0 Å². The summed E-state index contributed by atoms with van der Waals surface area (Å²) in [6, 6.07) is 0. The maximum Gasteiger partial charge on any atom is 0.186 e. The second-order valence-electron chi connectivity index (χ2n) is 3.94. The average Bonchev–Trinajstić information content (AvgIpc) is 2.25. The lowest BCUT2D eigenvalue weighted by Gasteiger charge is -2.40. The fraction of sp³-hybridized carbons (Fsp3) is 1.00. The van der Waals surface area contributed by atoms with Crippen molar-refractivity contribution in [1.29, 1.82) is 0 Å². The second-order valence-corrected chi connectivity index (χ2v) is 3.94. The molecule has 0 aliphatic carbocycles. The molecule has 0 bridgehead atoms. The summed E-state index contributed by atoms with van der Waals surface area (Å²) in [6.07, 6.45) is -2.48. The lowest BCUT2D eigenvalue weighted by atomic mass is 9.91. The van der Waals surface area contributed by atoms with Crippen LogP contribution in [0, 0.1) is 5.92 Å². The molecule has 5 unspecified atom stereocenters. The molecule has 15 heavy (non-hydrogen) atoms. The first-order valence-electron chi connectivity index (χ1n) is 5.35. The van der Waals surface area contributed by atoms with Crippen LogP contribution in [0.25, 0.3) is 0 Å². The van der Waals surface area contributed by atoms with E-state index in [1.807, 2.05) is 6.92 Å². The van der Waals surface area contributed by atoms with Gasteiger partial charge in [0.05, 0.1) is 18.8 Å². The molecular formula is C10H20O5. The van der Waals surface area contributed by atoms with E-state index in [9.17, 15) is 10.2 Å². The van der Waals surface area contributed by atoms with Crippen molar-refractivity contribution in [3.05, 3.63) is 0 Å². The van der Waals surface area contributed by atoms with Crippen LogP contribution in [-0.4, -0.2) is 53.1 Å². The number of aliphatic hydroxyl groups is 3. The Kier molecular flexibility index (Phi) is 4.95. The van der Waals surface area contributed by atoms with Crippen molar-refractivity contribution in [1.82, 2.24) is 0 Å². The summed E-state index contributed by atoms with van der Waals surface area (Å²) in [5, 5.41) is 28.4. The molecule has 90 valence electrons. The van der Waals surface area contributed by atoms with Gasteiger partial charge in [-0.25, -0.2) is 0 Å². The van der Waals surface area contributed by atoms with Crippen molar-refractivity contribution >= 4 is 0 Å². The van der Waals surface area contributed by atoms with Crippen molar-refractivity contribution < 1.29 is 24.8 Å². The highest BCUT2D eigenvalue weighted by atomic mass is 16.7. The standard InChI is InChI=1S/C10H20O5/c1-3-4-14-10-9(13)8(12)6(2)7(5-11)15-10/h6-13H,3-5H2,1-2H3. The maximum absolute atomic E-state index is 9.70. The summed E-state index contributed by atoms with van der Waals surface area (Å²) in [7, 11) is 0. The molecule has 0 saturated carbocycles. The molecule has 1 aliphatic rings. The quantitative estimate of drug-likeness (QED) is 0.594. The van der Waals surface area contributed by atoms with E-state index in [1.54, 1.807) is 6.92 Å². The fourth-order valence-electron chi connectivity index (χ4n) is 1.65. The molecule has 3 N–H and O–H groups in total. The normalized spacial score (nSPS) is 41.8. The van der Waals surface area contributed by atoms with Gasteiger partial charge < -0.3 is 24.8 Å². The Balaban J connectivity index is 2.57. The first-order valence-corrected chi connectivity index (χ1v) is 5.35. The Morgan fingerprint density at radius 1 is 1.27 bits per heavy atom. The van der Waals surface area contributed by atoms with Crippen LogP contribution in [-0.2, 0) is 9.47 Å². The van der Waals surface area contributed by atoms with E-state index in [0.717, 1.165) is 6.42 Å². The van der Waals surface area contributed by atoms with E-state index < -0.39 is 24.6 Å². The van der Waals surface area contributed by atoms with E-state index in [-0.39, 0.29) is 12.5 Å². The van der Waals surface area contributed by atoms with Gasteiger partial charge in [0.1, 0.15) is 6.10 Å². The number of hydrogen-bond donors (Lipinski definition) is 3. The van der Waals surface area contributed by atoms with Crippen molar-refractivity contribution in [2.24, 2.45) is 5.92 Å². The SMILES string of the molecule is CCCOC1OC(CO)C(C)C(O)C1O. The first kappa shape index (κ1) is 12.9. The summed E-state index contributed by atoms with van der Waals surface area (Å²) < 4.78 is 10.6. The number of rotatable bonds is 4. The summed E-state index contributed by atoms with van der Waals surface area (Å²) in [4.78, 5) is 0. The zero-order valence-corrected chi connectivity index (χ0v) is 9.17. The molecule has 5 heteroatoms. The van der Waals surface area contributed by atoms with Crippen LogP contribution in [0.2, 0.25) is 0 Å². The molecule has 0 aromatic carbocycles. The zero-order chi connectivity index (χ0) is 11.4. The number of aliphatic hydroxyl groups excluding tert-OH is 3. The predicted molar refractivity (Wildman–Crippen MR) is 53.2 cm³/mol. The van der Waals surface area contributed by atoms with E-state index in [0.29, 0.717) is 6.61 Å². The highest BCUT2D eigenvalue weighted by Crippen LogP contribution is 2.26. The van der Waals surface area contributed by atoms with Gasteiger partial charge in [0.15, 0.2) is 6.29 Å². The van der Waals surface area contributed by atoms with Gasteiger partial charge in [0, 0.05) is 12.5 Å².